The minimum Gasteiger partial charge on any atom is -0.390 e. The van der Waals surface area contributed by atoms with Crippen molar-refractivity contribution >= 4 is 45.7 Å². The summed E-state index contributed by atoms with van der Waals surface area (Å²) in [5.41, 5.74) is 1.50. The van der Waals surface area contributed by atoms with E-state index >= 15 is 0 Å². The summed E-state index contributed by atoms with van der Waals surface area (Å²) in [5.74, 6) is -0.303. The zero-order valence-corrected chi connectivity index (χ0v) is 28.9. The molecule has 48 heavy (non-hydrogen) atoms. The van der Waals surface area contributed by atoms with Gasteiger partial charge in [0.25, 0.3) is 5.91 Å². The molecule has 2 unspecified atom stereocenters. The largest absolute Gasteiger partial charge is 0.416 e. The number of thiophene rings is 1. The lowest BCUT2D eigenvalue weighted by molar-refractivity contribution is -0.138. The summed E-state index contributed by atoms with van der Waals surface area (Å²) in [6.07, 6.45) is -0.0513. The zero-order chi connectivity index (χ0) is 34.2. The molecular weight excluding hydrogens is 689 g/mol. The molecule has 2 aromatic heterocycles. The standard InChI is InChI=1S/C32H38ClF3N6O4S2/c1-48(46)40-14-10-26-24(19-40)30(38-42(26)18-23(43)17-39-12-8-22(9-13-39)41-11-2-3-29(41)44)20-4-5-25(32(34,35)36)21(15-20)16-37-31(45)27-6-7-28(33)47-27/h4-7,15,22-23,43H,2-3,8-14,16-19H2,1H3,(H,37,45). The first-order chi connectivity index (χ1) is 22.9. The fourth-order valence-electron chi connectivity index (χ4n) is 6.96. The number of β-amino-alcohol motifs (C(OH)–C–C–N with tert-alkyl or cyclic N) is 1. The van der Waals surface area contributed by atoms with E-state index in [1.54, 1.807) is 21.3 Å². The molecule has 2 saturated heterocycles. The van der Waals surface area contributed by atoms with Gasteiger partial charge in [-0.25, -0.2) is 8.51 Å². The van der Waals surface area contributed by atoms with Crippen molar-refractivity contribution in [1.82, 2.24) is 29.2 Å². The van der Waals surface area contributed by atoms with Gasteiger partial charge in [-0.3, -0.25) is 14.3 Å². The SMILES string of the molecule is CS(=O)N1CCc2c(c(-c3ccc(C(F)(F)F)c(CNC(=O)c4ccc(Cl)s4)c3)nn2CC(O)CN2CCC(N3CCCC3=O)CC2)C1. The maximum atomic E-state index is 14.1. The molecule has 16 heteroatoms. The Hall–Kier alpha value is -2.82. The monoisotopic (exact) mass is 726 g/mol. The van der Waals surface area contributed by atoms with Gasteiger partial charge in [0.1, 0.15) is 0 Å². The highest BCUT2D eigenvalue weighted by atomic mass is 35.5. The minimum absolute atomic E-state index is 0.120. The Kier molecular flexibility index (Phi) is 10.6. The van der Waals surface area contributed by atoms with E-state index in [1.807, 2.05) is 4.90 Å². The molecule has 260 valence electrons. The van der Waals surface area contributed by atoms with Crippen LogP contribution in [0.15, 0.2) is 30.3 Å². The van der Waals surface area contributed by atoms with Gasteiger partial charge in [-0.15, -0.1) is 11.3 Å². The van der Waals surface area contributed by atoms with Crippen molar-refractivity contribution in [2.45, 2.75) is 70.1 Å². The number of rotatable bonds is 10. The highest BCUT2D eigenvalue weighted by Gasteiger charge is 2.35. The first kappa shape index (κ1) is 35.0. The van der Waals surface area contributed by atoms with Gasteiger partial charge in [0, 0.05) is 87.8 Å². The van der Waals surface area contributed by atoms with Crippen LogP contribution in [-0.4, -0.2) is 96.1 Å². The van der Waals surface area contributed by atoms with Crippen molar-refractivity contribution < 1.29 is 32.1 Å². The van der Waals surface area contributed by atoms with Crippen LogP contribution in [0.5, 0.6) is 0 Å². The molecule has 2 amide bonds. The van der Waals surface area contributed by atoms with Crippen molar-refractivity contribution in [2.75, 3.05) is 39.0 Å². The number of carbonyl (C=O) groups is 2. The Morgan fingerprint density at radius 1 is 1.15 bits per heavy atom. The highest BCUT2D eigenvalue weighted by molar-refractivity contribution is 7.81. The van der Waals surface area contributed by atoms with Crippen LogP contribution >= 0.6 is 22.9 Å². The van der Waals surface area contributed by atoms with Gasteiger partial charge < -0.3 is 20.2 Å². The molecule has 1 aromatic carbocycles. The fourth-order valence-corrected chi connectivity index (χ4v) is 8.57. The summed E-state index contributed by atoms with van der Waals surface area (Å²) in [5, 5.41) is 18.6. The van der Waals surface area contributed by atoms with Crippen LogP contribution in [-0.2, 0) is 48.0 Å². The molecule has 5 heterocycles. The van der Waals surface area contributed by atoms with Gasteiger partial charge in [0.15, 0.2) is 0 Å². The molecular formula is C32H38ClF3N6O4S2. The second-order valence-corrected chi connectivity index (χ2v) is 15.6. The van der Waals surface area contributed by atoms with E-state index in [2.05, 4.69) is 10.2 Å². The number of nitrogens with zero attached hydrogens (tertiary/aromatic N) is 5. The number of carbonyl (C=O) groups excluding carboxylic acids is 2. The lowest BCUT2D eigenvalue weighted by atomic mass is 9.97. The van der Waals surface area contributed by atoms with Crippen molar-refractivity contribution in [3.05, 3.63) is 61.9 Å². The molecule has 3 aliphatic rings. The van der Waals surface area contributed by atoms with Gasteiger partial charge in [0.05, 0.1) is 44.1 Å². The van der Waals surface area contributed by atoms with Crippen molar-refractivity contribution in [3.63, 3.8) is 0 Å². The lowest BCUT2D eigenvalue weighted by Gasteiger charge is -2.37. The number of nitrogens with one attached hydrogen (secondary N) is 1. The summed E-state index contributed by atoms with van der Waals surface area (Å²) in [4.78, 5) is 29.3. The van der Waals surface area contributed by atoms with Crippen LogP contribution in [0.4, 0.5) is 13.2 Å². The Morgan fingerprint density at radius 2 is 1.92 bits per heavy atom. The number of amides is 2. The normalized spacial score (nSPS) is 19.5. The van der Waals surface area contributed by atoms with Crippen molar-refractivity contribution in [3.8, 4) is 11.3 Å². The van der Waals surface area contributed by atoms with Crippen LogP contribution in [0.3, 0.4) is 0 Å². The molecule has 3 aliphatic heterocycles. The quantitative estimate of drug-likeness (QED) is 0.323. The topological polar surface area (TPSA) is 111 Å². The van der Waals surface area contributed by atoms with E-state index in [0.29, 0.717) is 48.1 Å². The molecule has 0 radical (unpaired) electrons. The summed E-state index contributed by atoms with van der Waals surface area (Å²) in [6.45, 7) is 3.42. The van der Waals surface area contributed by atoms with Gasteiger partial charge in [-0.2, -0.15) is 18.3 Å². The van der Waals surface area contributed by atoms with Gasteiger partial charge in [-0.05, 0) is 49.1 Å². The van der Waals surface area contributed by atoms with E-state index in [4.69, 9.17) is 16.7 Å². The predicted octanol–water partition coefficient (Wildman–Crippen LogP) is 4.31. The summed E-state index contributed by atoms with van der Waals surface area (Å²) in [6, 6.07) is 7.07. The molecule has 2 atom stereocenters. The molecule has 0 saturated carbocycles. The molecule has 3 aromatic rings. The Morgan fingerprint density at radius 3 is 2.56 bits per heavy atom. The van der Waals surface area contributed by atoms with Crippen LogP contribution in [0.25, 0.3) is 11.3 Å². The third-order valence-electron chi connectivity index (χ3n) is 9.34. The average molecular weight is 727 g/mol. The maximum Gasteiger partial charge on any atom is 0.416 e. The smallest absolute Gasteiger partial charge is 0.390 e. The second kappa shape index (κ2) is 14.6. The molecule has 0 aliphatic carbocycles. The number of benzene rings is 1. The van der Waals surface area contributed by atoms with Crippen molar-refractivity contribution in [1.29, 1.82) is 0 Å². The van der Waals surface area contributed by atoms with Gasteiger partial charge in [-0.1, -0.05) is 17.7 Å². The number of aromatic nitrogens is 2. The molecule has 2 fully saturated rings. The van der Waals surface area contributed by atoms with Crippen LogP contribution in [0, 0.1) is 0 Å². The second-order valence-electron chi connectivity index (χ2n) is 12.5. The number of hydrogen-bond acceptors (Lipinski definition) is 7. The summed E-state index contributed by atoms with van der Waals surface area (Å²) >= 11 is 6.96. The number of aliphatic hydroxyl groups is 1. The Bertz CT molecular complexity index is 1690. The van der Waals surface area contributed by atoms with Crippen LogP contribution in [0.2, 0.25) is 4.34 Å². The van der Waals surface area contributed by atoms with Crippen LogP contribution < -0.4 is 5.32 Å². The fraction of sp³-hybridized carbons (Fsp3) is 0.531. The minimum atomic E-state index is -4.65. The molecule has 0 spiro atoms. The molecule has 10 nitrogen and oxygen atoms in total. The number of likely N-dealkylation sites (tertiary alicyclic amines) is 2. The number of aliphatic hydroxyl groups excluding tert-OH is 1. The zero-order valence-electron chi connectivity index (χ0n) is 26.5. The highest BCUT2D eigenvalue weighted by Crippen LogP contribution is 2.37. The maximum absolute atomic E-state index is 14.1. The summed E-state index contributed by atoms with van der Waals surface area (Å²) < 4.78 is 58.5. The third kappa shape index (κ3) is 7.81. The summed E-state index contributed by atoms with van der Waals surface area (Å²) in [7, 11) is -1.27. The third-order valence-corrected chi connectivity index (χ3v) is 11.6. The average Bonchev–Trinajstić information content (AvgIpc) is 3.78. The first-order valence-corrected chi connectivity index (χ1v) is 18.7. The van der Waals surface area contributed by atoms with Gasteiger partial charge >= 0.3 is 6.18 Å². The number of alkyl halides is 3. The van der Waals surface area contributed by atoms with E-state index in [0.717, 1.165) is 67.6 Å². The predicted molar refractivity (Wildman–Crippen MR) is 178 cm³/mol. The first-order valence-electron chi connectivity index (χ1n) is 16.0. The molecule has 2 N–H and O–H groups in total. The van der Waals surface area contributed by atoms with Gasteiger partial charge in [0.2, 0.25) is 5.91 Å². The van der Waals surface area contributed by atoms with E-state index < -0.39 is 34.7 Å². The van der Waals surface area contributed by atoms with E-state index in [1.165, 1.54) is 18.2 Å². The Labute approximate surface area is 288 Å². The number of hydrogen-bond donors (Lipinski definition) is 2. The lowest BCUT2D eigenvalue weighted by Crippen LogP contribution is -2.47. The Balaban J connectivity index is 1.22. The van der Waals surface area contributed by atoms with E-state index in [-0.39, 0.29) is 35.5 Å². The number of halogens is 4. The van der Waals surface area contributed by atoms with Crippen LogP contribution in [0.1, 0.15) is 57.7 Å². The van der Waals surface area contributed by atoms with E-state index in [9.17, 15) is 32.1 Å². The van der Waals surface area contributed by atoms with Crippen molar-refractivity contribution in [2.24, 2.45) is 0 Å². The number of fused-ring (bicyclic) bond motifs is 1. The molecule has 6 rings (SSSR count). The molecule has 0 bridgehead atoms. The number of piperidine rings is 1.